The minimum Gasteiger partial charge on any atom is -0.346 e. The summed E-state index contributed by atoms with van der Waals surface area (Å²) in [5, 5.41) is 1.22. The van der Waals surface area contributed by atoms with E-state index in [-0.39, 0.29) is 6.17 Å². The number of aryl methyl sites for hydroxylation is 2. The Hall–Kier alpha value is -2.16. The number of nitrogens with zero attached hydrogens (tertiary/aromatic N) is 2. The first-order valence-corrected chi connectivity index (χ1v) is 9.91. The second-order valence-electron chi connectivity index (χ2n) is 7.07. The Kier molecular flexibility index (Phi) is 5.03. The highest BCUT2D eigenvalue weighted by molar-refractivity contribution is 6.42. The molecule has 4 rings (SSSR count). The maximum atomic E-state index is 6.64. The molecular weight excluding hydrogens is 375 g/mol. The van der Waals surface area contributed by atoms with Gasteiger partial charge in [-0.2, -0.15) is 0 Å². The third-order valence-corrected chi connectivity index (χ3v) is 6.00. The Bertz CT molecular complexity index is 882. The fourth-order valence-electron chi connectivity index (χ4n) is 3.70. The van der Waals surface area contributed by atoms with Crippen molar-refractivity contribution in [3.05, 3.63) is 93.5 Å². The van der Waals surface area contributed by atoms with Crippen LogP contribution in [0.4, 0.5) is 11.4 Å². The number of halogens is 2. The van der Waals surface area contributed by atoms with E-state index < -0.39 is 0 Å². The van der Waals surface area contributed by atoms with Crippen molar-refractivity contribution < 1.29 is 0 Å². The summed E-state index contributed by atoms with van der Waals surface area (Å²) in [6.45, 7) is 6.06. The lowest BCUT2D eigenvalue weighted by Crippen LogP contribution is -2.31. The number of rotatable bonds is 3. The lowest BCUT2D eigenvalue weighted by molar-refractivity contribution is 0.717. The standard InChI is InChI=1S/C23H22Cl2N2/c1-16-6-10-18(11-7-16)26-14-15-27(19-12-8-17(2)9-13-19)23(26)20-4-3-5-21(24)22(20)25/h3-13,23H,14-15H2,1-2H3. The maximum Gasteiger partial charge on any atom is 0.130 e. The van der Waals surface area contributed by atoms with Gasteiger partial charge in [-0.1, -0.05) is 70.7 Å². The van der Waals surface area contributed by atoms with E-state index in [0.29, 0.717) is 10.0 Å². The van der Waals surface area contributed by atoms with Gasteiger partial charge in [0.1, 0.15) is 6.17 Å². The largest absolute Gasteiger partial charge is 0.346 e. The van der Waals surface area contributed by atoms with E-state index in [2.05, 4.69) is 78.2 Å². The molecule has 1 fully saturated rings. The molecule has 1 aliphatic rings. The van der Waals surface area contributed by atoms with Crippen molar-refractivity contribution in [1.82, 2.24) is 0 Å². The molecule has 138 valence electrons. The normalized spacial score (nSPS) is 14.8. The van der Waals surface area contributed by atoms with Crippen LogP contribution < -0.4 is 9.80 Å². The number of hydrogen-bond donors (Lipinski definition) is 0. The highest BCUT2D eigenvalue weighted by atomic mass is 35.5. The highest BCUT2D eigenvalue weighted by Gasteiger charge is 2.35. The fourth-order valence-corrected chi connectivity index (χ4v) is 4.10. The Labute approximate surface area is 170 Å². The smallest absolute Gasteiger partial charge is 0.130 e. The summed E-state index contributed by atoms with van der Waals surface area (Å²) < 4.78 is 0. The fraction of sp³-hybridized carbons (Fsp3) is 0.217. The molecule has 1 saturated heterocycles. The predicted molar refractivity (Wildman–Crippen MR) is 116 cm³/mol. The summed E-state index contributed by atoms with van der Waals surface area (Å²) in [5.41, 5.74) is 5.92. The summed E-state index contributed by atoms with van der Waals surface area (Å²) in [5.74, 6) is 0. The van der Waals surface area contributed by atoms with Crippen LogP contribution in [0.2, 0.25) is 10.0 Å². The minimum atomic E-state index is 0.00149. The van der Waals surface area contributed by atoms with Crippen molar-refractivity contribution >= 4 is 34.6 Å². The van der Waals surface area contributed by atoms with Crippen molar-refractivity contribution in [2.45, 2.75) is 20.0 Å². The summed E-state index contributed by atoms with van der Waals surface area (Å²) in [6.07, 6.45) is 0.00149. The third kappa shape index (κ3) is 3.52. The molecule has 4 heteroatoms. The Morgan fingerprint density at radius 3 is 1.67 bits per heavy atom. The van der Waals surface area contributed by atoms with Crippen LogP contribution in [0, 0.1) is 13.8 Å². The van der Waals surface area contributed by atoms with Crippen LogP contribution in [0.1, 0.15) is 22.9 Å². The summed E-state index contributed by atoms with van der Waals surface area (Å²) >= 11 is 13.0. The molecule has 0 radical (unpaired) electrons. The van der Waals surface area contributed by atoms with Gasteiger partial charge in [-0.15, -0.1) is 0 Å². The molecule has 2 nitrogen and oxygen atoms in total. The van der Waals surface area contributed by atoms with Crippen molar-refractivity contribution in [3.63, 3.8) is 0 Å². The number of hydrogen-bond acceptors (Lipinski definition) is 2. The molecule has 0 aliphatic carbocycles. The molecule has 3 aromatic rings. The zero-order valence-electron chi connectivity index (χ0n) is 15.5. The average Bonchev–Trinajstić information content (AvgIpc) is 3.10. The predicted octanol–water partition coefficient (Wildman–Crippen LogP) is 6.64. The van der Waals surface area contributed by atoms with Gasteiger partial charge in [-0.3, -0.25) is 0 Å². The molecule has 0 aromatic heterocycles. The number of benzene rings is 3. The van der Waals surface area contributed by atoms with E-state index in [1.807, 2.05) is 12.1 Å². The molecule has 1 aliphatic heterocycles. The molecule has 0 N–H and O–H groups in total. The molecule has 0 amide bonds. The first kappa shape index (κ1) is 18.2. The van der Waals surface area contributed by atoms with Crippen molar-refractivity contribution in [1.29, 1.82) is 0 Å². The minimum absolute atomic E-state index is 0.00149. The van der Waals surface area contributed by atoms with Gasteiger partial charge in [-0.25, -0.2) is 0 Å². The Balaban J connectivity index is 1.81. The molecule has 0 spiro atoms. The van der Waals surface area contributed by atoms with E-state index in [4.69, 9.17) is 23.2 Å². The van der Waals surface area contributed by atoms with Crippen LogP contribution in [0.3, 0.4) is 0 Å². The van der Waals surface area contributed by atoms with Crippen LogP contribution >= 0.6 is 23.2 Å². The van der Waals surface area contributed by atoms with Gasteiger partial charge in [0.2, 0.25) is 0 Å². The monoisotopic (exact) mass is 396 g/mol. The Morgan fingerprint density at radius 2 is 1.19 bits per heavy atom. The second-order valence-corrected chi connectivity index (χ2v) is 7.86. The SMILES string of the molecule is Cc1ccc(N2CCN(c3ccc(C)cc3)C2c2cccc(Cl)c2Cl)cc1. The molecular formula is C23H22Cl2N2. The van der Waals surface area contributed by atoms with Gasteiger partial charge in [0.15, 0.2) is 0 Å². The first-order valence-electron chi connectivity index (χ1n) is 9.15. The van der Waals surface area contributed by atoms with Gasteiger partial charge >= 0.3 is 0 Å². The number of anilines is 2. The van der Waals surface area contributed by atoms with Gasteiger partial charge < -0.3 is 9.80 Å². The van der Waals surface area contributed by atoms with E-state index in [9.17, 15) is 0 Å². The van der Waals surface area contributed by atoms with E-state index in [1.54, 1.807) is 0 Å². The zero-order chi connectivity index (χ0) is 19.0. The van der Waals surface area contributed by atoms with E-state index in [1.165, 1.54) is 22.5 Å². The van der Waals surface area contributed by atoms with Crippen LogP contribution in [0.25, 0.3) is 0 Å². The topological polar surface area (TPSA) is 6.48 Å². The summed E-state index contributed by atoms with van der Waals surface area (Å²) in [6, 6.07) is 23.2. The molecule has 0 bridgehead atoms. The quantitative estimate of drug-likeness (QED) is 0.489. The van der Waals surface area contributed by atoms with Gasteiger partial charge in [-0.05, 0) is 44.2 Å². The highest BCUT2D eigenvalue weighted by Crippen LogP contribution is 2.41. The molecule has 3 aromatic carbocycles. The second kappa shape index (κ2) is 7.46. The molecule has 0 saturated carbocycles. The van der Waals surface area contributed by atoms with Crippen molar-refractivity contribution in [3.8, 4) is 0 Å². The molecule has 0 atom stereocenters. The lowest BCUT2D eigenvalue weighted by Gasteiger charge is -2.34. The average molecular weight is 397 g/mol. The first-order chi connectivity index (χ1) is 13.0. The van der Waals surface area contributed by atoms with E-state index in [0.717, 1.165) is 18.7 Å². The van der Waals surface area contributed by atoms with Crippen LogP contribution in [-0.2, 0) is 0 Å². The van der Waals surface area contributed by atoms with Crippen molar-refractivity contribution in [2.24, 2.45) is 0 Å². The summed E-state index contributed by atoms with van der Waals surface area (Å²) in [4.78, 5) is 4.80. The zero-order valence-corrected chi connectivity index (χ0v) is 17.0. The summed E-state index contributed by atoms with van der Waals surface area (Å²) in [7, 11) is 0. The van der Waals surface area contributed by atoms with Gasteiger partial charge in [0.05, 0.1) is 10.0 Å². The van der Waals surface area contributed by atoms with Gasteiger partial charge in [0, 0.05) is 30.0 Å². The molecule has 1 heterocycles. The van der Waals surface area contributed by atoms with Crippen molar-refractivity contribution in [2.75, 3.05) is 22.9 Å². The molecule has 27 heavy (non-hydrogen) atoms. The lowest BCUT2D eigenvalue weighted by atomic mass is 10.1. The van der Waals surface area contributed by atoms with Gasteiger partial charge in [0.25, 0.3) is 0 Å². The Morgan fingerprint density at radius 1 is 0.704 bits per heavy atom. The maximum absolute atomic E-state index is 6.64. The van der Waals surface area contributed by atoms with Crippen LogP contribution in [0.5, 0.6) is 0 Å². The van der Waals surface area contributed by atoms with E-state index >= 15 is 0 Å². The van der Waals surface area contributed by atoms with Crippen LogP contribution in [-0.4, -0.2) is 13.1 Å². The third-order valence-electron chi connectivity index (χ3n) is 5.16. The molecule has 0 unspecified atom stereocenters. The van der Waals surface area contributed by atoms with Crippen LogP contribution in [0.15, 0.2) is 66.7 Å².